The fourth-order valence-electron chi connectivity index (χ4n) is 7.25. The van der Waals surface area contributed by atoms with Crippen LogP contribution >= 0.6 is 0 Å². The molecule has 0 N–H and O–H groups in total. The molecule has 0 aliphatic carbocycles. The summed E-state index contributed by atoms with van der Waals surface area (Å²) in [7, 11) is 0. The maximum Gasteiger partial charge on any atom is 0.136 e. The van der Waals surface area contributed by atoms with Gasteiger partial charge in [0.15, 0.2) is 0 Å². The van der Waals surface area contributed by atoms with Crippen LogP contribution in [0, 0.1) is 0 Å². The van der Waals surface area contributed by atoms with E-state index in [1.54, 1.807) is 0 Å². The fraction of sp³-hybridized carbons (Fsp3) is 0. The molecule has 0 saturated carbocycles. The summed E-state index contributed by atoms with van der Waals surface area (Å²) in [6.45, 7) is 0. The Bertz CT molecular complexity index is 2850. The van der Waals surface area contributed by atoms with Crippen molar-refractivity contribution < 1.29 is 8.83 Å². The van der Waals surface area contributed by atoms with Crippen LogP contribution < -0.4 is 4.90 Å². The minimum Gasteiger partial charge on any atom is -0.456 e. The van der Waals surface area contributed by atoms with Gasteiger partial charge in [-0.3, -0.25) is 0 Å². The second kappa shape index (κ2) is 11.9. The van der Waals surface area contributed by atoms with Gasteiger partial charge < -0.3 is 13.7 Å². The van der Waals surface area contributed by atoms with E-state index in [0.29, 0.717) is 0 Å². The molecule has 240 valence electrons. The Morgan fingerprint density at radius 1 is 0.294 bits per heavy atom. The number of furan rings is 2. The van der Waals surface area contributed by atoms with Crippen LogP contribution in [0.4, 0.5) is 17.1 Å². The second-order valence-electron chi connectivity index (χ2n) is 13.0. The molecule has 3 nitrogen and oxygen atoms in total. The minimum absolute atomic E-state index is 0.856. The summed E-state index contributed by atoms with van der Waals surface area (Å²) < 4.78 is 12.7. The number of anilines is 3. The van der Waals surface area contributed by atoms with Gasteiger partial charge in [0.1, 0.15) is 22.5 Å². The summed E-state index contributed by atoms with van der Waals surface area (Å²) in [6, 6.07) is 66.3. The zero-order valence-corrected chi connectivity index (χ0v) is 27.7. The maximum atomic E-state index is 6.45. The van der Waals surface area contributed by atoms with Crippen molar-refractivity contribution in [3.8, 4) is 33.6 Å². The van der Waals surface area contributed by atoms with Crippen LogP contribution in [0.1, 0.15) is 0 Å². The Hall–Kier alpha value is -6.84. The molecule has 0 amide bonds. The molecule has 0 saturated heterocycles. The lowest BCUT2D eigenvalue weighted by molar-refractivity contribution is 0.631. The first-order valence-electron chi connectivity index (χ1n) is 17.2. The molecular formula is C48H31NO2. The largest absolute Gasteiger partial charge is 0.456 e. The van der Waals surface area contributed by atoms with Crippen molar-refractivity contribution in [3.05, 3.63) is 188 Å². The van der Waals surface area contributed by atoms with Crippen LogP contribution in [0.2, 0.25) is 0 Å². The smallest absolute Gasteiger partial charge is 0.136 e. The van der Waals surface area contributed by atoms with Gasteiger partial charge in [-0.2, -0.15) is 0 Å². The zero-order chi connectivity index (χ0) is 33.7. The predicted octanol–water partition coefficient (Wildman–Crippen LogP) is 14.0. The van der Waals surface area contributed by atoms with E-state index in [0.717, 1.165) is 72.4 Å². The van der Waals surface area contributed by atoms with E-state index in [4.69, 9.17) is 8.83 Å². The normalized spacial score (nSPS) is 11.5. The molecule has 0 unspecified atom stereocenters. The van der Waals surface area contributed by atoms with E-state index in [9.17, 15) is 0 Å². The Balaban J connectivity index is 1.02. The van der Waals surface area contributed by atoms with Crippen molar-refractivity contribution in [2.24, 2.45) is 0 Å². The monoisotopic (exact) mass is 653 g/mol. The Kier molecular flexibility index (Phi) is 6.81. The molecule has 0 atom stereocenters. The second-order valence-corrected chi connectivity index (χ2v) is 13.0. The summed E-state index contributed by atoms with van der Waals surface area (Å²) in [5.41, 5.74) is 11.5. The summed E-state index contributed by atoms with van der Waals surface area (Å²) in [4.78, 5) is 2.34. The van der Waals surface area contributed by atoms with Gasteiger partial charge in [-0.25, -0.2) is 0 Å². The number of benzene rings is 8. The summed E-state index contributed by atoms with van der Waals surface area (Å²) >= 11 is 0. The molecule has 10 aromatic rings. The molecule has 8 aromatic carbocycles. The summed E-state index contributed by atoms with van der Waals surface area (Å²) in [6.07, 6.45) is 0. The van der Waals surface area contributed by atoms with Gasteiger partial charge in [0.25, 0.3) is 0 Å². The van der Waals surface area contributed by atoms with Crippen LogP contribution in [0.25, 0.3) is 77.3 Å². The minimum atomic E-state index is 0.856. The SMILES string of the molecule is c1ccc(-c2cccc(N(c3ccc(-c4ccc5c(c4)oc4cc6cc(-c7ccccc7)oc6cc45)cc3)c3ccc4ccccc4c3)c2)cc1. The number of hydrogen-bond donors (Lipinski definition) is 0. The first-order chi connectivity index (χ1) is 25.2. The average molecular weight is 654 g/mol. The number of fused-ring (bicyclic) bond motifs is 5. The third kappa shape index (κ3) is 5.24. The topological polar surface area (TPSA) is 29.5 Å². The Morgan fingerprint density at radius 2 is 0.922 bits per heavy atom. The van der Waals surface area contributed by atoms with E-state index in [1.165, 1.54) is 21.9 Å². The summed E-state index contributed by atoms with van der Waals surface area (Å²) in [5, 5.41) is 5.59. The fourth-order valence-corrected chi connectivity index (χ4v) is 7.25. The third-order valence-corrected chi connectivity index (χ3v) is 9.83. The lowest BCUT2D eigenvalue weighted by atomic mass is 10.0. The lowest BCUT2D eigenvalue weighted by Crippen LogP contribution is -2.10. The molecular weight excluding hydrogens is 623 g/mol. The van der Waals surface area contributed by atoms with E-state index in [-0.39, 0.29) is 0 Å². The molecule has 0 aliphatic heterocycles. The van der Waals surface area contributed by atoms with Crippen molar-refractivity contribution in [1.82, 2.24) is 0 Å². The van der Waals surface area contributed by atoms with Gasteiger partial charge in [-0.05, 0) is 99.8 Å². The van der Waals surface area contributed by atoms with Crippen LogP contribution in [0.3, 0.4) is 0 Å². The number of hydrogen-bond acceptors (Lipinski definition) is 3. The Morgan fingerprint density at radius 3 is 1.75 bits per heavy atom. The van der Waals surface area contributed by atoms with Gasteiger partial charge in [-0.1, -0.05) is 121 Å². The van der Waals surface area contributed by atoms with Gasteiger partial charge in [0.05, 0.1) is 0 Å². The number of nitrogens with zero attached hydrogens (tertiary/aromatic N) is 1. The highest BCUT2D eigenvalue weighted by atomic mass is 16.3. The van der Waals surface area contributed by atoms with Crippen molar-refractivity contribution in [3.63, 3.8) is 0 Å². The van der Waals surface area contributed by atoms with Crippen molar-refractivity contribution in [2.75, 3.05) is 4.90 Å². The van der Waals surface area contributed by atoms with E-state index >= 15 is 0 Å². The molecule has 2 heterocycles. The van der Waals surface area contributed by atoms with Crippen molar-refractivity contribution >= 4 is 60.7 Å². The van der Waals surface area contributed by atoms with Gasteiger partial charge in [-0.15, -0.1) is 0 Å². The van der Waals surface area contributed by atoms with E-state index in [1.807, 2.05) is 18.2 Å². The first-order valence-corrected chi connectivity index (χ1v) is 17.2. The van der Waals surface area contributed by atoms with Crippen LogP contribution in [-0.2, 0) is 0 Å². The molecule has 3 heteroatoms. The van der Waals surface area contributed by atoms with Crippen LogP contribution in [0.5, 0.6) is 0 Å². The van der Waals surface area contributed by atoms with Crippen molar-refractivity contribution in [2.45, 2.75) is 0 Å². The molecule has 2 aromatic heterocycles. The molecule has 0 fully saturated rings. The van der Waals surface area contributed by atoms with Gasteiger partial charge >= 0.3 is 0 Å². The summed E-state index contributed by atoms with van der Waals surface area (Å²) in [5.74, 6) is 0.858. The Labute approximate surface area is 295 Å². The van der Waals surface area contributed by atoms with Crippen LogP contribution in [-0.4, -0.2) is 0 Å². The van der Waals surface area contributed by atoms with E-state index < -0.39 is 0 Å². The molecule has 0 spiro atoms. The lowest BCUT2D eigenvalue weighted by Gasteiger charge is -2.26. The zero-order valence-electron chi connectivity index (χ0n) is 27.7. The third-order valence-electron chi connectivity index (χ3n) is 9.83. The maximum absolute atomic E-state index is 6.45. The first kappa shape index (κ1) is 29.1. The van der Waals surface area contributed by atoms with Crippen LogP contribution in [0.15, 0.2) is 197 Å². The average Bonchev–Trinajstić information content (AvgIpc) is 3.78. The predicted molar refractivity (Wildman–Crippen MR) is 212 cm³/mol. The van der Waals surface area contributed by atoms with Crippen molar-refractivity contribution in [1.29, 1.82) is 0 Å². The van der Waals surface area contributed by atoms with E-state index in [2.05, 4.69) is 175 Å². The highest BCUT2D eigenvalue weighted by Gasteiger charge is 2.16. The number of rotatable bonds is 6. The highest BCUT2D eigenvalue weighted by molar-refractivity contribution is 6.10. The van der Waals surface area contributed by atoms with Gasteiger partial charge in [0.2, 0.25) is 0 Å². The quantitative estimate of drug-likeness (QED) is 0.179. The molecule has 10 rings (SSSR count). The van der Waals surface area contributed by atoms with Gasteiger partial charge in [0, 0.05) is 38.8 Å². The molecule has 0 bridgehead atoms. The highest BCUT2D eigenvalue weighted by Crippen LogP contribution is 2.40. The molecule has 0 aliphatic rings. The molecule has 0 radical (unpaired) electrons. The molecule has 51 heavy (non-hydrogen) atoms. The standard InChI is InChI=1S/C48H31NO2/c1-3-10-32(11-4-1)37-16-9-17-41(26-37)49(42-24-20-33-12-7-8-15-36(33)27-42)40-22-18-34(19-23-40)38-21-25-43-44-31-46-39(30-48(44)51-47(43)28-38)29-45(50-46)35-13-5-2-6-14-35/h1-31H.